The second kappa shape index (κ2) is 8.29. The van der Waals surface area contributed by atoms with Crippen LogP contribution in [0.1, 0.15) is 10.4 Å². The summed E-state index contributed by atoms with van der Waals surface area (Å²) in [5, 5.41) is 5.15. The van der Waals surface area contributed by atoms with Crippen LogP contribution in [0.15, 0.2) is 53.0 Å². The van der Waals surface area contributed by atoms with Crippen molar-refractivity contribution in [3.63, 3.8) is 0 Å². The van der Waals surface area contributed by atoms with Crippen LogP contribution in [0.3, 0.4) is 0 Å². The zero-order chi connectivity index (χ0) is 18.4. The van der Waals surface area contributed by atoms with Crippen LogP contribution in [0, 0.1) is 0 Å². The fourth-order valence-electron chi connectivity index (χ4n) is 2.10. The molecule has 0 radical (unpaired) electrons. The van der Waals surface area contributed by atoms with Gasteiger partial charge in [0.2, 0.25) is 5.91 Å². The number of halogens is 1. The van der Waals surface area contributed by atoms with Crippen LogP contribution in [-0.4, -0.2) is 36.3 Å². The van der Waals surface area contributed by atoms with Gasteiger partial charge in [-0.25, -0.2) is 4.79 Å². The van der Waals surface area contributed by atoms with E-state index in [4.69, 9.17) is 5.73 Å². The number of para-hydroxylation sites is 1. The van der Waals surface area contributed by atoms with E-state index in [1.54, 1.807) is 36.4 Å². The number of carbonyl (C=O) groups excluding carboxylic acids is 3. The number of nitrogens with two attached hydrogens (primary N) is 1. The molecule has 0 saturated carbocycles. The van der Waals surface area contributed by atoms with Crippen molar-refractivity contribution in [2.45, 2.75) is 0 Å². The summed E-state index contributed by atoms with van der Waals surface area (Å²) in [6, 6.07) is 12.8. The average molecular weight is 405 g/mol. The molecule has 0 bridgehead atoms. The maximum absolute atomic E-state index is 12.4. The Balaban J connectivity index is 1.96. The summed E-state index contributed by atoms with van der Waals surface area (Å²) in [6.45, 7) is -0.0958. The number of anilines is 2. The Bertz CT molecular complexity index is 793. The molecule has 0 atom stereocenters. The first kappa shape index (κ1) is 18.5. The van der Waals surface area contributed by atoms with Gasteiger partial charge in [0.15, 0.2) is 0 Å². The summed E-state index contributed by atoms with van der Waals surface area (Å²) >= 11 is 3.35. The van der Waals surface area contributed by atoms with Crippen molar-refractivity contribution in [3.05, 3.63) is 58.6 Å². The predicted molar refractivity (Wildman–Crippen MR) is 99.4 cm³/mol. The largest absolute Gasteiger partial charge is 0.351 e. The molecule has 7 nitrogen and oxygen atoms in total. The van der Waals surface area contributed by atoms with Gasteiger partial charge >= 0.3 is 6.03 Å². The highest BCUT2D eigenvalue weighted by atomic mass is 79.9. The number of rotatable bonds is 5. The quantitative estimate of drug-likeness (QED) is 0.712. The van der Waals surface area contributed by atoms with Crippen molar-refractivity contribution in [3.8, 4) is 0 Å². The summed E-state index contributed by atoms with van der Waals surface area (Å²) in [5.74, 6) is -0.623. The van der Waals surface area contributed by atoms with Gasteiger partial charge in [0, 0.05) is 22.8 Å². The van der Waals surface area contributed by atoms with Crippen molar-refractivity contribution < 1.29 is 14.4 Å². The molecular weight excluding hydrogens is 388 g/mol. The Morgan fingerprint density at radius 1 is 1.04 bits per heavy atom. The number of carbonyl (C=O) groups is 3. The van der Waals surface area contributed by atoms with Crippen LogP contribution < -0.4 is 16.4 Å². The summed E-state index contributed by atoms with van der Waals surface area (Å²) < 4.78 is 0.759. The lowest BCUT2D eigenvalue weighted by atomic mass is 10.2. The molecule has 0 aliphatic rings. The van der Waals surface area contributed by atoms with E-state index in [0.717, 1.165) is 4.47 Å². The summed E-state index contributed by atoms with van der Waals surface area (Å²) in [7, 11) is 1.54. The van der Waals surface area contributed by atoms with Crippen LogP contribution in [0.5, 0.6) is 0 Å². The number of nitrogens with one attached hydrogen (secondary N) is 2. The van der Waals surface area contributed by atoms with Gasteiger partial charge in [-0.1, -0.05) is 12.1 Å². The number of hydrogen-bond donors (Lipinski definition) is 3. The molecular formula is C17H17BrN4O3. The normalized spacial score (nSPS) is 10.0. The smallest absolute Gasteiger partial charge is 0.316 e. The van der Waals surface area contributed by atoms with Crippen LogP contribution in [-0.2, 0) is 4.79 Å². The van der Waals surface area contributed by atoms with E-state index < -0.39 is 6.03 Å². The zero-order valence-electron chi connectivity index (χ0n) is 13.5. The number of hydrogen-bond acceptors (Lipinski definition) is 3. The molecule has 0 unspecified atom stereocenters. The SMILES string of the molecule is CN(CC(=O)Nc1ccccc1Br)C(=O)c1ccc(NC(N)=O)cc1. The van der Waals surface area contributed by atoms with Gasteiger partial charge in [-0.2, -0.15) is 0 Å². The Morgan fingerprint density at radius 3 is 2.28 bits per heavy atom. The lowest BCUT2D eigenvalue weighted by Gasteiger charge is -2.17. The third-order valence-electron chi connectivity index (χ3n) is 3.27. The minimum absolute atomic E-state index is 0.0958. The predicted octanol–water partition coefficient (Wildman–Crippen LogP) is 2.65. The molecule has 0 fully saturated rings. The standard InChI is InChI=1S/C17H17BrN4O3/c1-22(10-15(23)21-14-5-3-2-4-13(14)18)16(24)11-6-8-12(9-7-11)20-17(19)25/h2-9H,10H2,1H3,(H,21,23)(H3,19,20,25). The molecule has 4 N–H and O–H groups in total. The molecule has 8 heteroatoms. The molecule has 0 saturated heterocycles. The average Bonchev–Trinajstić information content (AvgIpc) is 2.56. The molecule has 130 valence electrons. The minimum atomic E-state index is -0.681. The van der Waals surface area contributed by atoms with Crippen molar-refractivity contribution in [1.82, 2.24) is 4.90 Å². The van der Waals surface area contributed by atoms with Crippen molar-refractivity contribution in [2.75, 3.05) is 24.2 Å². The molecule has 2 aromatic carbocycles. The number of amides is 4. The highest BCUT2D eigenvalue weighted by Gasteiger charge is 2.15. The molecule has 0 aromatic heterocycles. The van der Waals surface area contributed by atoms with Gasteiger partial charge < -0.3 is 21.3 Å². The van der Waals surface area contributed by atoms with E-state index in [9.17, 15) is 14.4 Å². The molecule has 25 heavy (non-hydrogen) atoms. The van der Waals surface area contributed by atoms with Crippen molar-refractivity contribution in [1.29, 1.82) is 0 Å². The number of likely N-dealkylation sites (N-methyl/N-ethyl adjacent to an activating group) is 1. The third kappa shape index (κ3) is 5.32. The lowest BCUT2D eigenvalue weighted by Crippen LogP contribution is -2.35. The van der Waals surface area contributed by atoms with E-state index >= 15 is 0 Å². The molecule has 0 aliphatic heterocycles. The molecule has 2 aromatic rings. The van der Waals surface area contributed by atoms with Crippen molar-refractivity contribution >= 4 is 45.2 Å². The van der Waals surface area contributed by atoms with Crippen LogP contribution in [0.25, 0.3) is 0 Å². The van der Waals surface area contributed by atoms with Gasteiger partial charge in [0.25, 0.3) is 5.91 Å². The van der Waals surface area contributed by atoms with E-state index in [-0.39, 0.29) is 18.4 Å². The second-order valence-corrected chi connectivity index (χ2v) is 6.11. The highest BCUT2D eigenvalue weighted by Crippen LogP contribution is 2.21. The third-order valence-corrected chi connectivity index (χ3v) is 3.97. The monoisotopic (exact) mass is 404 g/mol. The van der Waals surface area contributed by atoms with E-state index in [2.05, 4.69) is 26.6 Å². The maximum Gasteiger partial charge on any atom is 0.316 e. The molecule has 0 spiro atoms. The molecule has 4 amide bonds. The van der Waals surface area contributed by atoms with Gasteiger partial charge in [0.1, 0.15) is 0 Å². The van der Waals surface area contributed by atoms with E-state index in [1.165, 1.54) is 11.9 Å². The highest BCUT2D eigenvalue weighted by molar-refractivity contribution is 9.10. The van der Waals surface area contributed by atoms with E-state index in [1.807, 2.05) is 12.1 Å². The Labute approximate surface area is 153 Å². The second-order valence-electron chi connectivity index (χ2n) is 5.26. The topological polar surface area (TPSA) is 105 Å². The fourth-order valence-corrected chi connectivity index (χ4v) is 2.48. The number of primary amides is 1. The number of urea groups is 1. The Hall–Kier alpha value is -2.87. The minimum Gasteiger partial charge on any atom is -0.351 e. The number of benzene rings is 2. The van der Waals surface area contributed by atoms with Gasteiger partial charge in [-0.05, 0) is 52.3 Å². The number of nitrogens with zero attached hydrogens (tertiary/aromatic N) is 1. The first-order chi connectivity index (χ1) is 11.9. The first-order valence-corrected chi connectivity index (χ1v) is 8.12. The van der Waals surface area contributed by atoms with Crippen LogP contribution in [0.4, 0.5) is 16.2 Å². The first-order valence-electron chi connectivity index (χ1n) is 7.33. The van der Waals surface area contributed by atoms with Gasteiger partial charge in [-0.15, -0.1) is 0 Å². The van der Waals surface area contributed by atoms with Crippen LogP contribution in [0.2, 0.25) is 0 Å². The molecule has 0 heterocycles. The summed E-state index contributed by atoms with van der Waals surface area (Å²) in [6.07, 6.45) is 0. The van der Waals surface area contributed by atoms with Gasteiger partial charge in [0.05, 0.1) is 12.2 Å². The Morgan fingerprint density at radius 2 is 1.68 bits per heavy atom. The fraction of sp³-hybridized carbons (Fsp3) is 0.118. The van der Waals surface area contributed by atoms with Crippen LogP contribution >= 0.6 is 15.9 Å². The summed E-state index contributed by atoms with van der Waals surface area (Å²) in [5.41, 5.74) is 6.54. The van der Waals surface area contributed by atoms with Gasteiger partial charge in [-0.3, -0.25) is 9.59 Å². The maximum atomic E-state index is 12.4. The lowest BCUT2D eigenvalue weighted by molar-refractivity contribution is -0.116. The van der Waals surface area contributed by atoms with Crippen molar-refractivity contribution in [2.24, 2.45) is 5.73 Å². The van der Waals surface area contributed by atoms with E-state index in [0.29, 0.717) is 16.9 Å². The zero-order valence-corrected chi connectivity index (χ0v) is 15.0. The molecule has 0 aliphatic carbocycles. The Kier molecular flexibility index (Phi) is 6.13. The molecule has 2 rings (SSSR count). The summed E-state index contributed by atoms with van der Waals surface area (Å²) in [4.78, 5) is 36.5.